The van der Waals surface area contributed by atoms with Gasteiger partial charge in [-0.05, 0) is 12.5 Å². The Morgan fingerprint density at radius 2 is 1.68 bits per heavy atom. The van der Waals surface area contributed by atoms with Crippen LogP contribution in [0.15, 0.2) is 30.3 Å². The molecule has 0 bridgehead atoms. The van der Waals surface area contributed by atoms with Crippen LogP contribution in [0.1, 0.15) is 28.7 Å². The summed E-state index contributed by atoms with van der Waals surface area (Å²) in [6, 6.07) is 6.10. The standard InChI is InChI=1S/C13H11F6N3/c1-7-3-2-4-8(5-7)11(20)22-10(13(17,18)19)6-9(21-22)12(14,15)16/h2-6,11H,20H2,1H3. The van der Waals surface area contributed by atoms with Crippen LogP contribution in [0.4, 0.5) is 26.3 Å². The number of aromatic nitrogens is 2. The lowest BCUT2D eigenvalue weighted by molar-refractivity contribution is -0.144. The Kier molecular flexibility index (Phi) is 3.94. The molecule has 0 aliphatic carbocycles. The molecule has 2 N–H and O–H groups in total. The van der Waals surface area contributed by atoms with Crippen LogP contribution < -0.4 is 5.73 Å². The van der Waals surface area contributed by atoms with Crippen molar-refractivity contribution in [2.45, 2.75) is 25.4 Å². The van der Waals surface area contributed by atoms with Crippen molar-refractivity contribution in [3.63, 3.8) is 0 Å². The number of nitrogens with zero attached hydrogens (tertiary/aromatic N) is 2. The molecule has 0 aliphatic heterocycles. The number of benzene rings is 1. The van der Waals surface area contributed by atoms with Crippen molar-refractivity contribution in [3.05, 3.63) is 52.8 Å². The maximum absolute atomic E-state index is 12.9. The van der Waals surface area contributed by atoms with E-state index in [4.69, 9.17) is 5.73 Å². The summed E-state index contributed by atoms with van der Waals surface area (Å²) in [6.07, 6.45) is -11.5. The van der Waals surface area contributed by atoms with Crippen LogP contribution in [0.3, 0.4) is 0 Å². The van der Waals surface area contributed by atoms with Crippen molar-refractivity contribution in [3.8, 4) is 0 Å². The minimum absolute atomic E-state index is 0.0460. The number of aryl methyl sites for hydroxylation is 1. The normalized spacial score (nSPS) is 14.2. The minimum Gasteiger partial charge on any atom is -0.306 e. The van der Waals surface area contributed by atoms with Crippen molar-refractivity contribution in [2.75, 3.05) is 0 Å². The zero-order valence-corrected chi connectivity index (χ0v) is 11.2. The van der Waals surface area contributed by atoms with Gasteiger partial charge in [0.2, 0.25) is 0 Å². The highest BCUT2D eigenvalue weighted by Gasteiger charge is 2.42. The van der Waals surface area contributed by atoms with Gasteiger partial charge < -0.3 is 5.73 Å². The number of halogens is 6. The van der Waals surface area contributed by atoms with Crippen molar-refractivity contribution in [1.82, 2.24) is 9.78 Å². The first-order chi connectivity index (χ1) is 10.00. The Bertz CT molecular complexity index is 671. The molecule has 3 nitrogen and oxygen atoms in total. The summed E-state index contributed by atoms with van der Waals surface area (Å²) in [4.78, 5) is 0. The Hall–Kier alpha value is -2.03. The van der Waals surface area contributed by atoms with E-state index >= 15 is 0 Å². The molecule has 0 radical (unpaired) electrons. The van der Waals surface area contributed by atoms with E-state index < -0.39 is 29.9 Å². The number of rotatable bonds is 2. The second-order valence-corrected chi connectivity index (χ2v) is 4.71. The first-order valence-electron chi connectivity index (χ1n) is 6.06. The molecular formula is C13H11F6N3. The van der Waals surface area contributed by atoms with Gasteiger partial charge in [-0.3, -0.25) is 0 Å². The average molecular weight is 323 g/mol. The van der Waals surface area contributed by atoms with Crippen LogP contribution in [-0.2, 0) is 12.4 Å². The number of nitrogens with two attached hydrogens (primary N) is 1. The molecule has 0 amide bonds. The fourth-order valence-corrected chi connectivity index (χ4v) is 1.95. The van der Waals surface area contributed by atoms with Gasteiger partial charge in [-0.2, -0.15) is 31.4 Å². The van der Waals surface area contributed by atoms with E-state index in [1.165, 1.54) is 12.1 Å². The molecule has 0 saturated heterocycles. The molecule has 22 heavy (non-hydrogen) atoms. The predicted octanol–water partition coefficient (Wildman–Crippen LogP) is 3.73. The summed E-state index contributed by atoms with van der Waals surface area (Å²) in [5.41, 5.74) is 3.43. The van der Waals surface area contributed by atoms with Crippen LogP contribution in [0.2, 0.25) is 0 Å². The van der Waals surface area contributed by atoms with Crippen LogP contribution in [0, 0.1) is 6.92 Å². The number of alkyl halides is 6. The second-order valence-electron chi connectivity index (χ2n) is 4.71. The fraction of sp³-hybridized carbons (Fsp3) is 0.308. The summed E-state index contributed by atoms with van der Waals surface area (Å²) in [7, 11) is 0. The van der Waals surface area contributed by atoms with Gasteiger partial charge in [0, 0.05) is 6.07 Å². The van der Waals surface area contributed by atoms with Gasteiger partial charge in [-0.25, -0.2) is 4.68 Å². The quantitative estimate of drug-likeness (QED) is 0.856. The van der Waals surface area contributed by atoms with Crippen LogP contribution in [0.25, 0.3) is 0 Å². The molecule has 0 spiro atoms. The SMILES string of the molecule is Cc1cccc(C(N)n2nc(C(F)(F)F)cc2C(F)(F)F)c1. The van der Waals surface area contributed by atoms with Gasteiger partial charge in [0.15, 0.2) is 5.69 Å². The van der Waals surface area contributed by atoms with Gasteiger partial charge in [-0.1, -0.05) is 29.8 Å². The van der Waals surface area contributed by atoms with Gasteiger partial charge in [0.25, 0.3) is 0 Å². The van der Waals surface area contributed by atoms with Gasteiger partial charge >= 0.3 is 12.4 Å². The topological polar surface area (TPSA) is 43.8 Å². The van der Waals surface area contributed by atoms with Crippen LogP contribution >= 0.6 is 0 Å². The maximum Gasteiger partial charge on any atom is 0.435 e. The molecule has 2 aromatic rings. The zero-order valence-electron chi connectivity index (χ0n) is 11.2. The van der Waals surface area contributed by atoms with Crippen LogP contribution in [0.5, 0.6) is 0 Å². The molecule has 2 rings (SSSR count). The molecule has 1 atom stereocenters. The third-order valence-electron chi connectivity index (χ3n) is 2.96. The van der Waals surface area contributed by atoms with Crippen LogP contribution in [-0.4, -0.2) is 9.78 Å². The van der Waals surface area contributed by atoms with Crippen molar-refractivity contribution < 1.29 is 26.3 Å². The van der Waals surface area contributed by atoms with Crippen molar-refractivity contribution in [2.24, 2.45) is 5.73 Å². The van der Waals surface area contributed by atoms with E-state index in [2.05, 4.69) is 5.10 Å². The Morgan fingerprint density at radius 3 is 2.18 bits per heavy atom. The molecule has 1 unspecified atom stereocenters. The number of hydrogen-bond donors (Lipinski definition) is 1. The lowest BCUT2D eigenvalue weighted by Crippen LogP contribution is -2.26. The summed E-state index contributed by atoms with van der Waals surface area (Å²) in [5, 5.41) is 3.00. The van der Waals surface area contributed by atoms with E-state index in [1.807, 2.05) is 0 Å². The van der Waals surface area contributed by atoms with Gasteiger partial charge in [0.05, 0.1) is 0 Å². The monoisotopic (exact) mass is 323 g/mol. The highest BCUT2D eigenvalue weighted by atomic mass is 19.4. The smallest absolute Gasteiger partial charge is 0.306 e. The molecule has 1 aromatic heterocycles. The maximum atomic E-state index is 12.9. The van der Waals surface area contributed by atoms with Gasteiger partial charge in [0.1, 0.15) is 11.9 Å². The van der Waals surface area contributed by atoms with Crippen molar-refractivity contribution in [1.29, 1.82) is 0 Å². The molecule has 9 heteroatoms. The Labute approximate surface area is 121 Å². The van der Waals surface area contributed by atoms with Crippen molar-refractivity contribution >= 4 is 0 Å². The van der Waals surface area contributed by atoms with E-state index in [9.17, 15) is 26.3 Å². The molecule has 0 aliphatic rings. The second kappa shape index (κ2) is 5.31. The Morgan fingerprint density at radius 1 is 1.05 bits per heavy atom. The molecule has 1 aromatic carbocycles. The third kappa shape index (κ3) is 3.24. The lowest BCUT2D eigenvalue weighted by Gasteiger charge is -2.17. The van der Waals surface area contributed by atoms with E-state index in [0.717, 1.165) is 0 Å². The van der Waals surface area contributed by atoms with Gasteiger partial charge in [-0.15, -0.1) is 0 Å². The summed E-state index contributed by atoms with van der Waals surface area (Å²) in [5.74, 6) is 0. The largest absolute Gasteiger partial charge is 0.435 e. The average Bonchev–Trinajstić information content (AvgIpc) is 2.82. The van der Waals surface area contributed by atoms with E-state index in [-0.39, 0.29) is 16.3 Å². The summed E-state index contributed by atoms with van der Waals surface area (Å²) >= 11 is 0. The third-order valence-corrected chi connectivity index (χ3v) is 2.96. The molecule has 120 valence electrons. The van der Waals surface area contributed by atoms with E-state index in [1.54, 1.807) is 19.1 Å². The van der Waals surface area contributed by atoms with E-state index in [0.29, 0.717) is 5.56 Å². The molecule has 1 heterocycles. The lowest BCUT2D eigenvalue weighted by atomic mass is 10.1. The first-order valence-corrected chi connectivity index (χ1v) is 6.06. The summed E-state index contributed by atoms with van der Waals surface area (Å²) < 4.78 is 76.8. The first kappa shape index (κ1) is 16.3. The molecule has 0 saturated carbocycles. The summed E-state index contributed by atoms with van der Waals surface area (Å²) in [6.45, 7) is 1.69. The highest BCUT2D eigenvalue weighted by molar-refractivity contribution is 5.27. The highest BCUT2D eigenvalue weighted by Crippen LogP contribution is 2.36. The number of hydrogen-bond acceptors (Lipinski definition) is 2. The zero-order chi connectivity index (χ0) is 16.7. The predicted molar refractivity (Wildman–Crippen MR) is 65.7 cm³/mol. The fourth-order valence-electron chi connectivity index (χ4n) is 1.95. The molecule has 0 fully saturated rings. The Balaban J connectivity index is 2.56. The molecular weight excluding hydrogens is 312 g/mol. The minimum atomic E-state index is -5.00.